The zero-order chi connectivity index (χ0) is 25.3. The molecular weight excluding hydrogens is 449 g/mol. The first-order valence-corrected chi connectivity index (χ1v) is 11.7. The molecule has 0 saturated heterocycles. The number of aromatic nitrogens is 2. The molecule has 0 aliphatic carbocycles. The van der Waals surface area contributed by atoms with Crippen LogP contribution in [0.1, 0.15) is 36.2 Å². The van der Waals surface area contributed by atoms with Crippen LogP contribution in [0, 0.1) is 26.2 Å². The monoisotopic (exact) mass is 477 g/mol. The van der Waals surface area contributed by atoms with E-state index in [4.69, 9.17) is 4.42 Å². The smallest absolute Gasteiger partial charge is 0.394 e. The summed E-state index contributed by atoms with van der Waals surface area (Å²) in [7, 11) is 1.95. The van der Waals surface area contributed by atoms with E-state index in [9.17, 15) is 13.2 Å². The maximum Gasteiger partial charge on any atom is 0.394 e. The molecule has 3 nitrogen and oxygen atoms in total. The van der Waals surface area contributed by atoms with E-state index in [0.29, 0.717) is 16.9 Å². The van der Waals surface area contributed by atoms with Crippen LogP contribution in [0.3, 0.4) is 0 Å². The zero-order valence-corrected chi connectivity index (χ0v) is 20.8. The third kappa shape index (κ3) is 3.67. The fraction of sp³-hybridized carbons (Fsp3) is 0.310. The number of fused-ring (bicyclic) bond motifs is 4. The van der Waals surface area contributed by atoms with E-state index >= 15 is 0 Å². The number of para-hydroxylation sites is 1. The molecule has 0 amide bonds. The van der Waals surface area contributed by atoms with Crippen LogP contribution in [0.2, 0.25) is 0 Å². The lowest BCUT2D eigenvalue weighted by Gasteiger charge is -2.28. The van der Waals surface area contributed by atoms with Crippen molar-refractivity contribution in [2.45, 2.75) is 47.2 Å². The molecule has 0 fully saturated rings. The van der Waals surface area contributed by atoms with E-state index in [-0.39, 0.29) is 6.42 Å². The van der Waals surface area contributed by atoms with Crippen LogP contribution in [0.5, 0.6) is 0 Å². The molecular formula is C29H28F3N2O+. The van der Waals surface area contributed by atoms with Crippen molar-refractivity contribution < 1.29 is 22.2 Å². The predicted molar refractivity (Wildman–Crippen MR) is 133 cm³/mol. The van der Waals surface area contributed by atoms with Gasteiger partial charge in [-0.15, -0.1) is 0 Å². The number of hydrogen-bond donors (Lipinski definition) is 0. The summed E-state index contributed by atoms with van der Waals surface area (Å²) in [6.45, 7) is 8.52. The molecule has 2 aromatic carbocycles. The minimum absolute atomic E-state index is 0.125. The lowest BCUT2D eigenvalue weighted by molar-refractivity contribution is -0.633. The first-order valence-electron chi connectivity index (χ1n) is 11.7. The normalized spacial score (nSPS) is 12.8. The number of hydrogen-bond acceptors (Lipinski definition) is 2. The topological polar surface area (TPSA) is 29.9 Å². The minimum atomic E-state index is -4.32. The van der Waals surface area contributed by atoms with E-state index < -0.39 is 11.6 Å². The van der Waals surface area contributed by atoms with Gasteiger partial charge < -0.3 is 4.42 Å². The first-order chi connectivity index (χ1) is 16.4. The Balaban J connectivity index is 1.87. The Morgan fingerprint density at radius 3 is 2.34 bits per heavy atom. The highest BCUT2D eigenvalue weighted by Crippen LogP contribution is 2.43. The van der Waals surface area contributed by atoms with Crippen LogP contribution >= 0.6 is 0 Å². The van der Waals surface area contributed by atoms with Gasteiger partial charge in [-0.05, 0) is 68.1 Å². The van der Waals surface area contributed by atoms with Gasteiger partial charge in [-0.2, -0.15) is 17.7 Å². The Hall–Kier alpha value is -3.41. The molecule has 0 spiro atoms. The van der Waals surface area contributed by atoms with Gasteiger partial charge in [0.1, 0.15) is 7.05 Å². The molecule has 35 heavy (non-hydrogen) atoms. The summed E-state index contributed by atoms with van der Waals surface area (Å²) in [6.07, 6.45) is -4.44. The molecule has 6 heteroatoms. The molecule has 0 bridgehead atoms. The van der Waals surface area contributed by atoms with Crippen LogP contribution in [0.25, 0.3) is 44.2 Å². The highest BCUT2D eigenvalue weighted by atomic mass is 19.4. The largest absolute Gasteiger partial charge is 0.437 e. The quantitative estimate of drug-likeness (QED) is 0.249. The van der Waals surface area contributed by atoms with E-state index in [1.165, 1.54) is 13.8 Å². The second-order valence-corrected chi connectivity index (χ2v) is 10.2. The lowest BCUT2D eigenvalue weighted by Crippen LogP contribution is -2.36. The van der Waals surface area contributed by atoms with Gasteiger partial charge in [0.25, 0.3) is 0 Å². The highest BCUT2D eigenvalue weighted by molar-refractivity contribution is 6.09. The van der Waals surface area contributed by atoms with Gasteiger partial charge in [0.2, 0.25) is 16.9 Å². The van der Waals surface area contributed by atoms with E-state index in [1.54, 1.807) is 0 Å². The SMILES string of the molecule is Cc1ccc2c(n1)oc1c(-c3cc(CC(C)(C)C(F)(F)F)c4ccccc4[n+]3C)c(C)c(C)cc12. The number of rotatable bonds is 3. The Labute approximate surface area is 202 Å². The van der Waals surface area contributed by atoms with Crippen molar-refractivity contribution >= 4 is 33.0 Å². The van der Waals surface area contributed by atoms with E-state index in [0.717, 1.165) is 49.8 Å². The molecule has 180 valence electrons. The molecule has 5 rings (SSSR count). The van der Waals surface area contributed by atoms with Gasteiger partial charge >= 0.3 is 6.18 Å². The summed E-state index contributed by atoms with van der Waals surface area (Å²) in [4.78, 5) is 4.57. The molecule has 3 aromatic heterocycles. The average molecular weight is 478 g/mol. The molecule has 0 radical (unpaired) electrons. The van der Waals surface area contributed by atoms with Crippen molar-refractivity contribution in [3.05, 3.63) is 70.9 Å². The van der Waals surface area contributed by atoms with Gasteiger partial charge in [0.05, 0.1) is 11.0 Å². The third-order valence-electron chi connectivity index (χ3n) is 7.23. The summed E-state index contributed by atoms with van der Waals surface area (Å²) in [5.74, 6) is 0. The fourth-order valence-electron chi connectivity index (χ4n) is 4.89. The van der Waals surface area contributed by atoms with Crippen LogP contribution in [0.15, 0.2) is 52.9 Å². The summed E-state index contributed by atoms with van der Waals surface area (Å²) in [6, 6.07) is 15.6. The van der Waals surface area contributed by atoms with E-state index in [1.807, 2.05) is 74.9 Å². The Morgan fingerprint density at radius 2 is 1.63 bits per heavy atom. The van der Waals surface area contributed by atoms with Crippen LogP contribution < -0.4 is 4.57 Å². The van der Waals surface area contributed by atoms with Gasteiger partial charge in [-0.1, -0.05) is 26.0 Å². The standard InChI is InChI=1S/C29H28F3N2O/c1-16-13-22-21-12-11-17(2)33-27(21)35-26(22)25(18(16)3)24-14-19(15-28(4,5)29(30,31)32)20-9-7-8-10-23(20)34(24)6/h7-14H,15H2,1-6H3/q+1. The molecule has 0 aliphatic rings. The highest BCUT2D eigenvalue weighted by Gasteiger charge is 2.47. The number of alkyl halides is 3. The van der Waals surface area contributed by atoms with Crippen molar-refractivity contribution in [2.24, 2.45) is 12.5 Å². The van der Waals surface area contributed by atoms with Crippen molar-refractivity contribution in [3.8, 4) is 11.3 Å². The molecule has 0 aliphatic heterocycles. The van der Waals surface area contributed by atoms with Gasteiger partial charge in [-0.25, -0.2) is 4.98 Å². The Bertz CT molecular complexity index is 1630. The maximum atomic E-state index is 13.9. The zero-order valence-electron chi connectivity index (χ0n) is 20.8. The number of pyridine rings is 2. The van der Waals surface area contributed by atoms with Crippen LogP contribution in [-0.4, -0.2) is 11.2 Å². The Morgan fingerprint density at radius 1 is 0.914 bits per heavy atom. The minimum Gasteiger partial charge on any atom is -0.437 e. The molecule has 3 heterocycles. The second kappa shape index (κ2) is 7.80. The predicted octanol–water partition coefficient (Wildman–Crippen LogP) is 7.68. The van der Waals surface area contributed by atoms with Crippen molar-refractivity contribution in [1.82, 2.24) is 4.98 Å². The number of aryl methyl sites for hydroxylation is 3. The van der Waals surface area contributed by atoms with Crippen molar-refractivity contribution in [1.29, 1.82) is 0 Å². The van der Waals surface area contributed by atoms with Gasteiger partial charge in [-0.3, -0.25) is 0 Å². The Kier molecular flexibility index (Phi) is 5.20. The van der Waals surface area contributed by atoms with E-state index in [2.05, 4.69) is 11.1 Å². The van der Waals surface area contributed by atoms with Crippen LogP contribution in [-0.2, 0) is 13.5 Å². The third-order valence-corrected chi connectivity index (χ3v) is 7.23. The fourth-order valence-corrected chi connectivity index (χ4v) is 4.89. The van der Waals surface area contributed by atoms with Crippen LogP contribution in [0.4, 0.5) is 13.2 Å². The summed E-state index contributed by atoms with van der Waals surface area (Å²) in [5.41, 5.74) is 5.60. The van der Waals surface area contributed by atoms with Crippen molar-refractivity contribution in [2.75, 3.05) is 0 Å². The number of halogens is 3. The van der Waals surface area contributed by atoms with Gasteiger partial charge in [0.15, 0.2) is 5.58 Å². The van der Waals surface area contributed by atoms with Crippen molar-refractivity contribution in [3.63, 3.8) is 0 Å². The lowest BCUT2D eigenvalue weighted by atomic mass is 9.83. The molecule has 5 aromatic rings. The molecule has 0 unspecified atom stereocenters. The maximum absolute atomic E-state index is 13.9. The number of nitrogens with zero attached hydrogens (tertiary/aromatic N) is 2. The second-order valence-electron chi connectivity index (χ2n) is 10.2. The summed E-state index contributed by atoms with van der Waals surface area (Å²) >= 11 is 0. The first kappa shape index (κ1) is 23.3. The molecule has 0 atom stereocenters. The number of furan rings is 1. The summed E-state index contributed by atoms with van der Waals surface area (Å²) in [5, 5.41) is 2.70. The van der Waals surface area contributed by atoms with Gasteiger partial charge in [0, 0.05) is 34.0 Å². The molecule has 0 saturated carbocycles. The number of benzene rings is 2. The summed E-state index contributed by atoms with van der Waals surface area (Å²) < 4.78 is 50.0. The average Bonchev–Trinajstić information content (AvgIpc) is 3.13. The molecule has 0 N–H and O–H groups in total.